The van der Waals surface area contributed by atoms with Crippen molar-refractivity contribution < 1.29 is 35.8 Å². The first-order chi connectivity index (χ1) is 20.5. The van der Waals surface area contributed by atoms with Crippen LogP contribution in [0.3, 0.4) is 0 Å². The number of hydrogen-bond acceptors (Lipinski definition) is 4. The zero-order valence-corrected chi connectivity index (χ0v) is 29.1. The van der Waals surface area contributed by atoms with Gasteiger partial charge in [-0.3, -0.25) is 4.90 Å². The molecule has 0 atom stereocenters. The summed E-state index contributed by atoms with van der Waals surface area (Å²) in [6.07, 6.45) is 18.0. The van der Waals surface area contributed by atoms with Crippen molar-refractivity contribution in [2.45, 2.75) is 104 Å². The minimum Gasteiger partial charge on any atom is -1.00 e. The molecule has 0 unspecified atom stereocenters. The summed E-state index contributed by atoms with van der Waals surface area (Å²) in [5.74, 6) is 1.45. The van der Waals surface area contributed by atoms with Crippen LogP contribution < -0.4 is 41.2 Å². The third-order valence-electron chi connectivity index (χ3n) is 7.59. The first-order valence-electron chi connectivity index (χ1n) is 15.9. The molecule has 1 N–H and O–H groups in total. The zero-order valence-electron chi connectivity index (χ0n) is 26.7. The summed E-state index contributed by atoms with van der Waals surface area (Å²) in [5.41, 5.74) is 5.10. The third-order valence-corrected chi connectivity index (χ3v) is 8.45. The molecule has 1 heterocycles. The van der Waals surface area contributed by atoms with Crippen LogP contribution in [0.4, 0.5) is 10.5 Å². The zero-order chi connectivity index (χ0) is 30.0. The number of hydrogen-bond donors (Lipinski definition) is 1. The molecular weight excluding hydrogens is 622 g/mol. The van der Waals surface area contributed by atoms with Crippen molar-refractivity contribution >= 4 is 23.1 Å². The number of nitrogens with zero attached hydrogens (tertiary/aromatic N) is 2. The molecule has 3 aromatic rings. The molecule has 0 aliphatic rings. The van der Waals surface area contributed by atoms with Gasteiger partial charge in [0, 0.05) is 18.3 Å². The molecule has 1 aromatic heterocycles. The molecule has 0 aliphatic carbocycles. The van der Waals surface area contributed by atoms with Crippen molar-refractivity contribution in [2.24, 2.45) is 0 Å². The van der Waals surface area contributed by atoms with Crippen LogP contribution >= 0.6 is 11.3 Å². The number of thiazole rings is 1. The quantitative estimate of drug-likeness (QED) is 0.121. The highest BCUT2D eigenvalue weighted by atomic mass is 79.9. The van der Waals surface area contributed by atoms with Crippen molar-refractivity contribution in [1.82, 2.24) is 5.32 Å². The van der Waals surface area contributed by atoms with E-state index in [-0.39, 0.29) is 23.0 Å². The molecule has 0 saturated heterocycles. The van der Waals surface area contributed by atoms with Gasteiger partial charge in [0.2, 0.25) is 5.51 Å². The highest BCUT2D eigenvalue weighted by molar-refractivity contribution is 7.09. The summed E-state index contributed by atoms with van der Waals surface area (Å²) in [7, 11) is 3.33. The maximum absolute atomic E-state index is 13.0. The maximum Gasteiger partial charge on any atom is 0.321 e. The van der Waals surface area contributed by atoms with Gasteiger partial charge in [0.25, 0.3) is 0 Å². The Kier molecular flexibility index (Phi) is 18.0. The number of unbranched alkanes of at least 4 members (excludes halogenated alkanes) is 11. The lowest BCUT2D eigenvalue weighted by atomic mass is 10.1. The first kappa shape index (κ1) is 36.6. The van der Waals surface area contributed by atoms with Crippen LogP contribution in [0.5, 0.6) is 11.5 Å². The van der Waals surface area contributed by atoms with Gasteiger partial charge in [0.05, 0.1) is 25.1 Å². The minimum absolute atomic E-state index is 0. The van der Waals surface area contributed by atoms with Gasteiger partial charge in [-0.25, -0.2) is 4.79 Å². The van der Waals surface area contributed by atoms with E-state index >= 15 is 0 Å². The number of benzene rings is 2. The molecule has 0 fully saturated rings. The van der Waals surface area contributed by atoms with E-state index in [1.54, 1.807) is 30.4 Å². The highest BCUT2D eigenvalue weighted by Gasteiger charge is 2.18. The second-order valence-electron chi connectivity index (χ2n) is 11.2. The Morgan fingerprint density at radius 1 is 0.884 bits per heavy atom. The van der Waals surface area contributed by atoms with Gasteiger partial charge in [-0.2, -0.15) is 4.57 Å². The molecular formula is C35H52BrN3O3S. The van der Waals surface area contributed by atoms with Gasteiger partial charge in [-0.15, -0.1) is 0 Å². The Labute approximate surface area is 274 Å². The predicted molar refractivity (Wildman–Crippen MR) is 175 cm³/mol. The smallest absolute Gasteiger partial charge is 0.321 e. The summed E-state index contributed by atoms with van der Waals surface area (Å²) in [6, 6.07) is 14.0. The van der Waals surface area contributed by atoms with E-state index in [9.17, 15) is 4.79 Å². The fourth-order valence-corrected chi connectivity index (χ4v) is 5.85. The molecule has 0 bridgehead atoms. The number of carbonyl (C=O) groups is 1. The molecule has 0 saturated carbocycles. The molecule has 2 aromatic carbocycles. The van der Waals surface area contributed by atoms with Crippen molar-refractivity contribution in [3.05, 3.63) is 70.2 Å². The van der Waals surface area contributed by atoms with Crippen LogP contribution in [0, 0.1) is 6.92 Å². The lowest BCUT2D eigenvalue weighted by Crippen LogP contribution is -3.00. The van der Waals surface area contributed by atoms with E-state index in [2.05, 4.69) is 47.6 Å². The predicted octanol–water partition coefficient (Wildman–Crippen LogP) is 5.83. The van der Waals surface area contributed by atoms with Crippen LogP contribution in [-0.2, 0) is 13.1 Å². The van der Waals surface area contributed by atoms with E-state index in [1.807, 2.05) is 30.3 Å². The number of aromatic nitrogens is 1. The number of aryl methyl sites for hydroxylation is 1. The summed E-state index contributed by atoms with van der Waals surface area (Å²) in [5, 5.41) is 2.80. The summed E-state index contributed by atoms with van der Waals surface area (Å²) >= 11 is 1.73. The normalized spacial score (nSPS) is 10.7. The van der Waals surface area contributed by atoms with Gasteiger partial charge < -0.3 is 31.8 Å². The summed E-state index contributed by atoms with van der Waals surface area (Å²) < 4.78 is 13.9. The Morgan fingerprint density at radius 3 is 2.16 bits per heavy atom. The molecule has 3 rings (SSSR count). The van der Waals surface area contributed by atoms with Crippen molar-refractivity contribution in [1.29, 1.82) is 0 Å². The lowest BCUT2D eigenvalue weighted by Gasteiger charge is -2.23. The topological polar surface area (TPSA) is 54.7 Å². The Morgan fingerprint density at radius 2 is 1.56 bits per heavy atom. The van der Waals surface area contributed by atoms with Crippen molar-refractivity contribution in [3.63, 3.8) is 0 Å². The number of urea groups is 1. The number of ether oxygens (including phenoxy) is 2. The Hall–Kier alpha value is -2.58. The van der Waals surface area contributed by atoms with E-state index in [0.29, 0.717) is 18.9 Å². The van der Waals surface area contributed by atoms with Gasteiger partial charge >= 0.3 is 6.03 Å². The number of nitrogens with one attached hydrogen (secondary N) is 1. The third kappa shape index (κ3) is 13.3. The number of rotatable bonds is 20. The number of carbonyl (C=O) groups excluding carboxylic acids is 1. The minimum atomic E-state index is -0.152. The molecule has 6 nitrogen and oxygen atoms in total. The van der Waals surface area contributed by atoms with Crippen molar-refractivity contribution in [3.8, 4) is 11.5 Å². The average Bonchev–Trinajstić information content (AvgIpc) is 3.42. The molecule has 238 valence electrons. The standard InChI is InChI=1S/C35H51N3O3S.BrH/c1-5-6-7-8-9-10-11-12-13-14-15-16-22-41-34-24-31(20-21-33(34)40-4)27-38(35(39)36-3)32-19-17-18-30(23-32)26-37-25-29(2)42-28-37;/h17-21,23-25,28H,5-16,22,26-27H2,1-4H3;1H. The number of halogens is 1. The van der Waals surface area contributed by atoms with Crippen LogP contribution in [0.1, 0.15) is 100.0 Å². The van der Waals surface area contributed by atoms with E-state index in [1.165, 1.54) is 75.5 Å². The largest absolute Gasteiger partial charge is 1.00 e. The summed E-state index contributed by atoms with van der Waals surface area (Å²) in [6.45, 7) is 6.23. The molecule has 43 heavy (non-hydrogen) atoms. The van der Waals surface area contributed by atoms with Gasteiger partial charge in [0.1, 0.15) is 0 Å². The number of amides is 2. The fourth-order valence-electron chi connectivity index (χ4n) is 5.22. The van der Waals surface area contributed by atoms with Gasteiger partial charge in [-0.05, 0) is 43.2 Å². The van der Waals surface area contributed by atoms with Gasteiger partial charge in [0.15, 0.2) is 24.2 Å². The van der Waals surface area contributed by atoms with E-state index < -0.39 is 0 Å². The number of methoxy groups -OCH3 is 1. The van der Waals surface area contributed by atoms with Crippen LogP contribution in [-0.4, -0.2) is 26.8 Å². The van der Waals surface area contributed by atoms with Crippen LogP contribution in [0.15, 0.2) is 54.2 Å². The van der Waals surface area contributed by atoms with Crippen LogP contribution in [0.2, 0.25) is 0 Å². The van der Waals surface area contributed by atoms with E-state index in [4.69, 9.17) is 9.47 Å². The second kappa shape index (κ2) is 21.2. The SMILES string of the molecule is CCCCCCCCCCCCCCOc1cc(CN(C(=O)NC)c2cccc(C[n+]3csc(C)c3)c2)ccc1OC.[Br-]. The monoisotopic (exact) mass is 673 g/mol. The Balaban J connectivity index is 0.00000645. The average molecular weight is 675 g/mol. The molecule has 8 heteroatoms. The molecule has 2 amide bonds. The molecule has 0 spiro atoms. The maximum atomic E-state index is 13.0. The number of anilines is 1. The van der Waals surface area contributed by atoms with E-state index in [0.717, 1.165) is 35.5 Å². The van der Waals surface area contributed by atoms with Crippen molar-refractivity contribution in [2.75, 3.05) is 25.7 Å². The van der Waals surface area contributed by atoms with Gasteiger partial charge in [-0.1, -0.05) is 107 Å². The fraction of sp³-hybridized carbons (Fsp3) is 0.543. The summed E-state index contributed by atoms with van der Waals surface area (Å²) in [4.78, 5) is 16.0. The first-order valence-corrected chi connectivity index (χ1v) is 16.7. The molecule has 0 radical (unpaired) electrons. The lowest BCUT2D eigenvalue weighted by molar-refractivity contribution is -0.683. The highest BCUT2D eigenvalue weighted by Crippen LogP contribution is 2.30. The second-order valence-corrected chi connectivity index (χ2v) is 12.3. The van der Waals surface area contributed by atoms with Crippen LogP contribution in [0.25, 0.3) is 0 Å². The Bertz CT molecular complexity index is 1200. The molecule has 0 aliphatic heterocycles.